The lowest BCUT2D eigenvalue weighted by Gasteiger charge is -2.08. The number of carbonyl (C=O) groups excluding carboxylic acids is 1. The SMILES string of the molecule is C=C/C=C\C=C(/C)C(=O)c1cc(Cl)ccc1CCC. The second-order valence-corrected chi connectivity index (χ2v) is 4.79. The zero-order chi connectivity index (χ0) is 14.3. The van der Waals surface area contributed by atoms with Crippen LogP contribution in [0.15, 0.2) is 54.7 Å². The molecule has 0 bridgehead atoms. The Balaban J connectivity index is 3.10. The Morgan fingerprint density at radius 1 is 1.37 bits per heavy atom. The van der Waals surface area contributed by atoms with Crippen molar-refractivity contribution in [3.63, 3.8) is 0 Å². The molecular formula is C17H19ClO. The molecule has 0 fully saturated rings. The van der Waals surface area contributed by atoms with Crippen LogP contribution in [0.25, 0.3) is 0 Å². The summed E-state index contributed by atoms with van der Waals surface area (Å²) in [6.07, 6.45) is 8.96. The molecule has 0 spiro atoms. The quantitative estimate of drug-likeness (QED) is 0.398. The van der Waals surface area contributed by atoms with Gasteiger partial charge in [0, 0.05) is 10.6 Å². The van der Waals surface area contributed by atoms with E-state index in [1.54, 1.807) is 24.3 Å². The van der Waals surface area contributed by atoms with Crippen molar-refractivity contribution in [2.75, 3.05) is 0 Å². The van der Waals surface area contributed by atoms with Crippen LogP contribution < -0.4 is 0 Å². The van der Waals surface area contributed by atoms with Gasteiger partial charge in [0.05, 0.1) is 0 Å². The molecule has 1 aromatic rings. The van der Waals surface area contributed by atoms with Crippen LogP contribution >= 0.6 is 11.6 Å². The van der Waals surface area contributed by atoms with Crippen LogP contribution in [0.4, 0.5) is 0 Å². The van der Waals surface area contributed by atoms with Gasteiger partial charge in [0.2, 0.25) is 0 Å². The summed E-state index contributed by atoms with van der Waals surface area (Å²) in [7, 11) is 0. The van der Waals surface area contributed by atoms with Crippen molar-refractivity contribution in [2.24, 2.45) is 0 Å². The lowest BCUT2D eigenvalue weighted by molar-refractivity contribution is 0.103. The maximum absolute atomic E-state index is 12.4. The van der Waals surface area contributed by atoms with Crippen LogP contribution in [-0.4, -0.2) is 5.78 Å². The number of hydrogen-bond acceptors (Lipinski definition) is 1. The number of rotatable bonds is 6. The molecule has 0 radical (unpaired) electrons. The predicted molar refractivity (Wildman–Crippen MR) is 82.9 cm³/mol. The van der Waals surface area contributed by atoms with Crippen molar-refractivity contribution in [3.8, 4) is 0 Å². The molecule has 0 aliphatic carbocycles. The first-order chi connectivity index (χ1) is 9.10. The van der Waals surface area contributed by atoms with Gasteiger partial charge in [0.15, 0.2) is 5.78 Å². The molecule has 0 aromatic heterocycles. The molecule has 1 rings (SSSR count). The van der Waals surface area contributed by atoms with Gasteiger partial charge >= 0.3 is 0 Å². The number of allylic oxidation sites excluding steroid dienone is 5. The molecule has 0 saturated heterocycles. The number of benzene rings is 1. The van der Waals surface area contributed by atoms with Crippen molar-refractivity contribution < 1.29 is 4.79 Å². The zero-order valence-corrected chi connectivity index (χ0v) is 12.2. The zero-order valence-electron chi connectivity index (χ0n) is 11.4. The number of Topliss-reactive ketones (excluding diaryl/α,β-unsaturated/α-hetero) is 1. The first kappa shape index (κ1) is 15.5. The minimum absolute atomic E-state index is 0.0275. The molecular weight excluding hydrogens is 256 g/mol. The van der Waals surface area contributed by atoms with Crippen molar-refractivity contribution >= 4 is 17.4 Å². The third-order valence-corrected chi connectivity index (χ3v) is 3.02. The maximum Gasteiger partial charge on any atom is 0.189 e. The summed E-state index contributed by atoms with van der Waals surface area (Å²) in [5, 5.41) is 0.595. The maximum atomic E-state index is 12.4. The third-order valence-electron chi connectivity index (χ3n) is 2.79. The monoisotopic (exact) mass is 274 g/mol. The molecule has 1 nitrogen and oxygen atoms in total. The lowest BCUT2D eigenvalue weighted by atomic mass is 9.96. The molecule has 0 heterocycles. The summed E-state index contributed by atoms with van der Waals surface area (Å²) in [6, 6.07) is 5.52. The standard InChI is InChI=1S/C17H19ClO/c1-4-6-7-9-13(3)17(19)16-12-15(18)11-10-14(16)8-5-2/h4,6-7,9-12H,1,5,8H2,2-3H3/b7-6-,13-9+. The Kier molecular flexibility index (Phi) is 6.31. The molecule has 0 saturated carbocycles. The van der Waals surface area contributed by atoms with Crippen LogP contribution in [0.1, 0.15) is 36.2 Å². The van der Waals surface area contributed by atoms with Gasteiger partial charge in [-0.25, -0.2) is 0 Å². The minimum atomic E-state index is 0.0275. The topological polar surface area (TPSA) is 17.1 Å². The molecule has 100 valence electrons. The highest BCUT2D eigenvalue weighted by molar-refractivity contribution is 6.31. The molecule has 2 heteroatoms. The largest absolute Gasteiger partial charge is 0.289 e. The van der Waals surface area contributed by atoms with Crippen LogP contribution in [-0.2, 0) is 6.42 Å². The minimum Gasteiger partial charge on any atom is -0.289 e. The second-order valence-electron chi connectivity index (χ2n) is 4.35. The normalized spacial score (nSPS) is 11.8. The number of carbonyl (C=O) groups is 1. The fraction of sp³-hybridized carbons (Fsp3) is 0.235. The number of ketones is 1. The van der Waals surface area contributed by atoms with E-state index in [2.05, 4.69) is 13.5 Å². The highest BCUT2D eigenvalue weighted by Gasteiger charge is 2.12. The van der Waals surface area contributed by atoms with E-state index in [1.165, 1.54) is 0 Å². The van der Waals surface area contributed by atoms with Gasteiger partial charge in [-0.2, -0.15) is 0 Å². The number of hydrogen-bond donors (Lipinski definition) is 0. The van der Waals surface area contributed by atoms with E-state index in [0.717, 1.165) is 18.4 Å². The fourth-order valence-corrected chi connectivity index (χ4v) is 1.99. The van der Waals surface area contributed by atoms with Gasteiger partial charge in [0.25, 0.3) is 0 Å². The van der Waals surface area contributed by atoms with Gasteiger partial charge in [-0.1, -0.05) is 61.9 Å². The lowest BCUT2D eigenvalue weighted by Crippen LogP contribution is -2.05. The van der Waals surface area contributed by atoms with E-state index in [1.807, 2.05) is 25.1 Å². The van der Waals surface area contributed by atoms with Gasteiger partial charge in [-0.15, -0.1) is 0 Å². The van der Waals surface area contributed by atoms with E-state index in [4.69, 9.17) is 11.6 Å². The van der Waals surface area contributed by atoms with Crippen molar-refractivity contribution in [3.05, 3.63) is 70.8 Å². The summed E-state index contributed by atoms with van der Waals surface area (Å²) in [5.74, 6) is 0.0275. The van der Waals surface area contributed by atoms with E-state index in [0.29, 0.717) is 16.2 Å². The van der Waals surface area contributed by atoms with Crippen molar-refractivity contribution in [2.45, 2.75) is 26.7 Å². The van der Waals surface area contributed by atoms with E-state index in [-0.39, 0.29) is 5.78 Å². The second kappa shape index (κ2) is 7.75. The molecule has 0 aliphatic rings. The molecule has 19 heavy (non-hydrogen) atoms. The highest BCUT2D eigenvalue weighted by atomic mass is 35.5. The van der Waals surface area contributed by atoms with E-state index < -0.39 is 0 Å². The third kappa shape index (κ3) is 4.53. The molecule has 0 amide bonds. The van der Waals surface area contributed by atoms with Crippen molar-refractivity contribution in [1.82, 2.24) is 0 Å². The Hall–Kier alpha value is -1.60. The van der Waals surface area contributed by atoms with Gasteiger partial charge in [0.1, 0.15) is 0 Å². The molecule has 1 aromatic carbocycles. The van der Waals surface area contributed by atoms with Gasteiger partial charge < -0.3 is 0 Å². The average Bonchev–Trinajstić information content (AvgIpc) is 2.40. The van der Waals surface area contributed by atoms with Gasteiger partial charge in [-0.3, -0.25) is 4.79 Å². The van der Waals surface area contributed by atoms with Crippen LogP contribution in [0.3, 0.4) is 0 Å². The summed E-state index contributed by atoms with van der Waals surface area (Å²) >= 11 is 5.99. The Morgan fingerprint density at radius 2 is 2.11 bits per heavy atom. The van der Waals surface area contributed by atoms with Crippen molar-refractivity contribution in [1.29, 1.82) is 0 Å². The Morgan fingerprint density at radius 3 is 2.74 bits per heavy atom. The van der Waals surface area contributed by atoms with Crippen LogP contribution in [0, 0.1) is 0 Å². The Bertz CT molecular complexity index is 524. The number of halogens is 1. The first-order valence-electron chi connectivity index (χ1n) is 6.39. The summed E-state index contributed by atoms with van der Waals surface area (Å²) in [6.45, 7) is 7.50. The molecule has 0 unspecified atom stereocenters. The molecule has 0 aliphatic heterocycles. The fourth-order valence-electron chi connectivity index (χ4n) is 1.81. The number of aryl methyl sites for hydroxylation is 1. The summed E-state index contributed by atoms with van der Waals surface area (Å²) in [4.78, 5) is 12.4. The average molecular weight is 275 g/mol. The van der Waals surface area contributed by atoms with E-state index in [9.17, 15) is 4.79 Å². The van der Waals surface area contributed by atoms with Gasteiger partial charge in [-0.05, 0) is 36.6 Å². The summed E-state index contributed by atoms with van der Waals surface area (Å²) in [5.41, 5.74) is 2.45. The first-order valence-corrected chi connectivity index (χ1v) is 6.77. The highest BCUT2D eigenvalue weighted by Crippen LogP contribution is 2.20. The predicted octanol–water partition coefficient (Wildman–Crippen LogP) is 5.16. The van der Waals surface area contributed by atoms with Crippen LogP contribution in [0.2, 0.25) is 5.02 Å². The smallest absolute Gasteiger partial charge is 0.189 e. The molecule has 0 atom stereocenters. The molecule has 0 N–H and O–H groups in total. The Labute approximate surface area is 120 Å². The summed E-state index contributed by atoms with van der Waals surface area (Å²) < 4.78 is 0. The van der Waals surface area contributed by atoms with E-state index >= 15 is 0 Å². The van der Waals surface area contributed by atoms with Crippen LogP contribution in [0.5, 0.6) is 0 Å².